The van der Waals surface area contributed by atoms with Gasteiger partial charge in [-0.2, -0.15) is 17.7 Å². The van der Waals surface area contributed by atoms with Crippen LogP contribution in [0, 0.1) is 0 Å². The van der Waals surface area contributed by atoms with E-state index in [1.807, 2.05) is 24.3 Å². The van der Waals surface area contributed by atoms with Crippen LogP contribution >= 0.6 is 0 Å². The van der Waals surface area contributed by atoms with Crippen molar-refractivity contribution in [2.45, 2.75) is 19.3 Å². The molecule has 1 amide bonds. The van der Waals surface area contributed by atoms with Gasteiger partial charge in [0.25, 0.3) is 10.2 Å². The molecule has 152 valence electrons. The van der Waals surface area contributed by atoms with E-state index < -0.39 is 10.2 Å². The molecule has 10 nitrogen and oxygen atoms in total. The lowest BCUT2D eigenvalue weighted by atomic mass is 10.2. The minimum absolute atomic E-state index is 0.0263. The molecule has 0 aliphatic carbocycles. The summed E-state index contributed by atoms with van der Waals surface area (Å²) in [6, 6.07) is 7.36. The lowest BCUT2D eigenvalue weighted by Crippen LogP contribution is -2.52. The Morgan fingerprint density at radius 2 is 2.04 bits per heavy atom. The molecule has 0 radical (unpaired) electrons. The predicted octanol–water partition coefficient (Wildman–Crippen LogP) is 0.416. The number of hydrogen-bond donors (Lipinski definition) is 1. The molecule has 1 aromatic carbocycles. The number of carbonyl (C=O) groups excluding carboxylic acids is 1. The molecule has 28 heavy (non-hydrogen) atoms. The van der Waals surface area contributed by atoms with Gasteiger partial charge < -0.3 is 14.2 Å². The van der Waals surface area contributed by atoms with Crippen LogP contribution in [-0.4, -0.2) is 67.0 Å². The lowest BCUT2D eigenvalue weighted by Gasteiger charge is -2.33. The van der Waals surface area contributed by atoms with Gasteiger partial charge in [0.05, 0.1) is 7.11 Å². The molecule has 1 fully saturated rings. The summed E-state index contributed by atoms with van der Waals surface area (Å²) in [4.78, 5) is 18.3. The van der Waals surface area contributed by atoms with Gasteiger partial charge in [-0.3, -0.25) is 4.79 Å². The van der Waals surface area contributed by atoms with Crippen LogP contribution in [-0.2, 0) is 21.4 Å². The lowest BCUT2D eigenvalue weighted by molar-refractivity contribution is -0.132. The van der Waals surface area contributed by atoms with Crippen molar-refractivity contribution in [3.8, 4) is 17.1 Å². The molecule has 0 unspecified atom stereocenters. The summed E-state index contributed by atoms with van der Waals surface area (Å²) in [5, 5.41) is 9.07. The Labute approximate surface area is 163 Å². The van der Waals surface area contributed by atoms with Gasteiger partial charge in [-0.15, -0.1) is 0 Å². The first-order valence-corrected chi connectivity index (χ1v) is 10.4. The molecular formula is C17H23N5O5S. The van der Waals surface area contributed by atoms with Gasteiger partial charge in [-0.05, 0) is 18.6 Å². The second-order valence-electron chi connectivity index (χ2n) is 6.42. The van der Waals surface area contributed by atoms with Crippen molar-refractivity contribution in [1.29, 1.82) is 0 Å². The second-order valence-corrected chi connectivity index (χ2v) is 7.97. The van der Waals surface area contributed by atoms with Crippen molar-refractivity contribution in [2.75, 3.05) is 33.3 Å². The topological polar surface area (TPSA) is 132 Å². The fourth-order valence-electron chi connectivity index (χ4n) is 2.98. The third-order valence-electron chi connectivity index (χ3n) is 4.53. The second kappa shape index (κ2) is 8.67. The number of aromatic nitrogens is 2. The zero-order valence-corrected chi connectivity index (χ0v) is 16.4. The molecule has 3 rings (SSSR count). The molecule has 1 aliphatic rings. The summed E-state index contributed by atoms with van der Waals surface area (Å²) in [7, 11) is -2.10. The predicted molar refractivity (Wildman–Crippen MR) is 100 cm³/mol. The van der Waals surface area contributed by atoms with Crippen molar-refractivity contribution in [3.05, 3.63) is 30.2 Å². The van der Waals surface area contributed by atoms with E-state index in [2.05, 4.69) is 10.1 Å². The van der Waals surface area contributed by atoms with Crippen molar-refractivity contribution < 1.29 is 22.5 Å². The van der Waals surface area contributed by atoms with Gasteiger partial charge in [0.2, 0.25) is 17.6 Å². The summed E-state index contributed by atoms with van der Waals surface area (Å²) in [6.07, 6.45) is 1.38. The number of nitrogens with two attached hydrogens (primary N) is 1. The number of piperazine rings is 1. The van der Waals surface area contributed by atoms with E-state index in [1.54, 1.807) is 12.0 Å². The van der Waals surface area contributed by atoms with Gasteiger partial charge in [-0.25, -0.2) is 5.14 Å². The van der Waals surface area contributed by atoms with Gasteiger partial charge in [0, 0.05) is 44.6 Å². The van der Waals surface area contributed by atoms with Gasteiger partial charge in [0.15, 0.2) is 0 Å². The van der Waals surface area contributed by atoms with E-state index in [1.165, 1.54) is 4.31 Å². The van der Waals surface area contributed by atoms with Crippen LogP contribution in [0.25, 0.3) is 11.4 Å². The van der Waals surface area contributed by atoms with Crippen LogP contribution in [0.4, 0.5) is 0 Å². The third-order valence-corrected chi connectivity index (χ3v) is 5.61. The Bertz CT molecular complexity index is 922. The molecule has 0 spiro atoms. The van der Waals surface area contributed by atoms with E-state index in [4.69, 9.17) is 14.4 Å². The molecule has 1 aromatic heterocycles. The number of benzene rings is 1. The van der Waals surface area contributed by atoms with Crippen LogP contribution in [0.3, 0.4) is 0 Å². The van der Waals surface area contributed by atoms with Gasteiger partial charge in [-0.1, -0.05) is 17.3 Å². The smallest absolute Gasteiger partial charge is 0.277 e. The number of methoxy groups -OCH3 is 1. The number of nitrogens with zero attached hydrogens (tertiary/aromatic N) is 4. The first-order valence-electron chi connectivity index (χ1n) is 8.89. The van der Waals surface area contributed by atoms with Crippen LogP contribution < -0.4 is 9.88 Å². The quantitative estimate of drug-likeness (QED) is 0.701. The summed E-state index contributed by atoms with van der Waals surface area (Å²) in [6.45, 7) is 1.13. The molecule has 0 saturated carbocycles. The maximum Gasteiger partial charge on any atom is 0.277 e. The highest BCUT2D eigenvalue weighted by Crippen LogP contribution is 2.21. The maximum absolute atomic E-state index is 12.3. The Hall–Kier alpha value is -2.50. The van der Waals surface area contributed by atoms with Crippen molar-refractivity contribution in [3.63, 3.8) is 0 Å². The van der Waals surface area contributed by atoms with E-state index in [-0.39, 0.29) is 19.0 Å². The summed E-state index contributed by atoms with van der Waals surface area (Å²) in [5.41, 5.74) is 0.790. The molecule has 0 bridgehead atoms. The van der Waals surface area contributed by atoms with Crippen LogP contribution in [0.1, 0.15) is 18.7 Å². The number of amides is 1. The van der Waals surface area contributed by atoms with Crippen LogP contribution in [0.15, 0.2) is 28.8 Å². The number of rotatable bonds is 7. The summed E-state index contributed by atoms with van der Waals surface area (Å²) < 4.78 is 34.2. The van der Waals surface area contributed by atoms with Crippen molar-refractivity contribution in [2.24, 2.45) is 5.14 Å². The van der Waals surface area contributed by atoms with Gasteiger partial charge in [0.1, 0.15) is 5.75 Å². The number of aryl methyl sites for hydroxylation is 1. The fraction of sp³-hybridized carbons (Fsp3) is 0.471. The van der Waals surface area contributed by atoms with Gasteiger partial charge >= 0.3 is 0 Å². The highest BCUT2D eigenvalue weighted by Gasteiger charge is 2.26. The Morgan fingerprint density at radius 1 is 1.29 bits per heavy atom. The Kier molecular flexibility index (Phi) is 6.27. The number of ether oxygens (including phenoxy) is 1. The molecule has 0 atom stereocenters. The summed E-state index contributed by atoms with van der Waals surface area (Å²) >= 11 is 0. The molecule has 2 aromatic rings. The molecule has 2 N–H and O–H groups in total. The fourth-order valence-corrected chi connectivity index (χ4v) is 3.65. The molecule has 2 heterocycles. The monoisotopic (exact) mass is 409 g/mol. The number of carbonyl (C=O) groups is 1. The summed E-state index contributed by atoms with van der Waals surface area (Å²) in [5.74, 6) is 1.61. The highest BCUT2D eigenvalue weighted by molar-refractivity contribution is 7.86. The van der Waals surface area contributed by atoms with Crippen LogP contribution in [0.5, 0.6) is 5.75 Å². The molecule has 11 heteroatoms. The SMILES string of the molecule is COc1cccc(-c2noc(CCCC(=O)N3CCN(S(N)(=O)=O)CC3)n2)c1. The molecule has 1 saturated heterocycles. The van der Waals surface area contributed by atoms with E-state index >= 15 is 0 Å². The van der Waals surface area contributed by atoms with Crippen molar-refractivity contribution in [1.82, 2.24) is 19.3 Å². The normalized spacial score (nSPS) is 15.6. The maximum atomic E-state index is 12.3. The first-order chi connectivity index (χ1) is 13.4. The Morgan fingerprint density at radius 3 is 2.71 bits per heavy atom. The highest BCUT2D eigenvalue weighted by atomic mass is 32.2. The van der Waals surface area contributed by atoms with E-state index in [0.717, 1.165) is 5.56 Å². The number of hydrogen-bond acceptors (Lipinski definition) is 7. The minimum atomic E-state index is -3.69. The average Bonchev–Trinajstić information content (AvgIpc) is 3.16. The van der Waals surface area contributed by atoms with E-state index in [0.29, 0.717) is 49.8 Å². The molecule has 1 aliphatic heterocycles. The van der Waals surface area contributed by atoms with Crippen LogP contribution in [0.2, 0.25) is 0 Å². The standard InChI is InChI=1S/C17H23N5O5S/c1-26-14-5-2-4-13(12-14)17-19-15(27-20-17)6-3-7-16(23)21-8-10-22(11-9-21)28(18,24)25/h2,4-5,12H,3,6-11H2,1H3,(H2,18,24,25). The largest absolute Gasteiger partial charge is 0.497 e. The third kappa shape index (κ3) is 5.06. The van der Waals surface area contributed by atoms with E-state index in [9.17, 15) is 13.2 Å². The zero-order chi connectivity index (χ0) is 20.1. The zero-order valence-electron chi connectivity index (χ0n) is 15.6. The Balaban J connectivity index is 1.47. The average molecular weight is 409 g/mol. The first kappa shape index (κ1) is 20.2. The molecular weight excluding hydrogens is 386 g/mol. The minimum Gasteiger partial charge on any atom is -0.497 e. The van der Waals surface area contributed by atoms with Crippen molar-refractivity contribution >= 4 is 16.1 Å².